The van der Waals surface area contributed by atoms with Crippen LogP contribution < -0.4 is 10.2 Å². The van der Waals surface area contributed by atoms with Crippen molar-refractivity contribution in [3.63, 3.8) is 0 Å². The Morgan fingerprint density at radius 2 is 1.94 bits per heavy atom. The number of anilines is 1. The molecule has 0 aliphatic carbocycles. The van der Waals surface area contributed by atoms with Gasteiger partial charge in [-0.05, 0) is 56.3 Å². The van der Waals surface area contributed by atoms with Gasteiger partial charge in [0.25, 0.3) is 0 Å². The molecule has 7 nitrogen and oxygen atoms in total. The zero-order chi connectivity index (χ0) is 23.2. The topological polar surface area (TPSA) is 74.5 Å². The summed E-state index contributed by atoms with van der Waals surface area (Å²) in [6.07, 6.45) is 1.62. The first-order chi connectivity index (χ1) is 16.0. The lowest BCUT2D eigenvalue weighted by Gasteiger charge is -2.30. The number of piperidine rings is 1. The number of likely N-dealkylation sites (N-methyl/N-ethyl adjacent to an activating group) is 1. The number of hydrogen-bond acceptors (Lipinski definition) is 6. The molecule has 1 amide bonds. The number of para-hydroxylation sites is 1. The third-order valence-corrected chi connectivity index (χ3v) is 6.45. The van der Waals surface area contributed by atoms with Crippen molar-refractivity contribution in [1.29, 1.82) is 0 Å². The lowest BCUT2D eigenvalue weighted by molar-refractivity contribution is -0.126. The quantitative estimate of drug-likeness (QED) is 0.503. The minimum atomic E-state index is 0.0365. The second-order valence-electron chi connectivity index (χ2n) is 8.23. The number of halogens is 2. The molecule has 0 spiro atoms. The zero-order valence-corrected chi connectivity index (χ0v) is 20.0. The van der Waals surface area contributed by atoms with Crippen LogP contribution in [0.5, 0.6) is 0 Å². The Morgan fingerprint density at radius 3 is 2.67 bits per heavy atom. The van der Waals surface area contributed by atoms with E-state index in [2.05, 4.69) is 37.4 Å². The number of carbonyl (C=O) groups is 1. The molecule has 0 saturated carbocycles. The fourth-order valence-electron chi connectivity index (χ4n) is 3.95. The molecule has 0 bridgehead atoms. The van der Waals surface area contributed by atoms with Gasteiger partial charge in [-0.25, -0.2) is 0 Å². The Bertz CT molecular complexity index is 1070. The summed E-state index contributed by atoms with van der Waals surface area (Å²) in [6.45, 7) is 3.56. The number of likely N-dealkylation sites (tertiary alicyclic amines) is 1. The molecule has 1 aromatic heterocycles. The van der Waals surface area contributed by atoms with E-state index < -0.39 is 0 Å². The van der Waals surface area contributed by atoms with E-state index in [4.69, 9.17) is 27.7 Å². The first-order valence-corrected chi connectivity index (χ1v) is 11.8. The van der Waals surface area contributed by atoms with Gasteiger partial charge in [0.05, 0.1) is 11.6 Å². The number of rotatable bonds is 8. The molecule has 2 heterocycles. The van der Waals surface area contributed by atoms with Crippen LogP contribution >= 0.6 is 23.2 Å². The van der Waals surface area contributed by atoms with E-state index in [0.717, 1.165) is 38.2 Å². The number of nitrogens with zero attached hydrogens (tertiary/aromatic N) is 4. The van der Waals surface area contributed by atoms with Crippen molar-refractivity contribution in [1.82, 2.24) is 20.4 Å². The highest BCUT2D eigenvalue weighted by atomic mass is 35.5. The molecule has 2 aromatic carbocycles. The van der Waals surface area contributed by atoms with Crippen LogP contribution in [-0.2, 0) is 11.3 Å². The van der Waals surface area contributed by atoms with Gasteiger partial charge in [0.2, 0.25) is 17.6 Å². The maximum absolute atomic E-state index is 12.6. The van der Waals surface area contributed by atoms with Gasteiger partial charge in [0.1, 0.15) is 0 Å². The molecule has 0 atom stereocenters. The van der Waals surface area contributed by atoms with Gasteiger partial charge in [-0.1, -0.05) is 46.6 Å². The number of aromatic nitrogens is 2. The average Bonchev–Trinajstić information content (AvgIpc) is 3.28. The fourth-order valence-corrected chi connectivity index (χ4v) is 4.44. The summed E-state index contributed by atoms with van der Waals surface area (Å²) in [7, 11) is 2.03. The second-order valence-corrected chi connectivity index (χ2v) is 9.08. The molecular formula is C24H27Cl2N5O2. The van der Waals surface area contributed by atoms with E-state index in [1.165, 1.54) is 0 Å². The standard InChI is InChI=1S/C24H27Cl2N5O2/c1-30(19-5-3-2-4-6-19)14-11-27-24(32)17-9-12-31(13-10-17)16-22-28-23(29-33-22)20-8-7-18(25)15-21(20)26/h2-8,15,17H,9-14,16H2,1H3,(H,27,32). The van der Waals surface area contributed by atoms with Crippen LogP contribution in [0.15, 0.2) is 53.1 Å². The molecule has 1 N–H and O–H groups in total. The number of carbonyl (C=O) groups excluding carboxylic acids is 1. The fraction of sp³-hybridized carbons (Fsp3) is 0.375. The first-order valence-electron chi connectivity index (χ1n) is 11.0. The number of hydrogen-bond donors (Lipinski definition) is 1. The van der Waals surface area contributed by atoms with Gasteiger partial charge < -0.3 is 14.7 Å². The Kier molecular flexibility index (Phi) is 7.85. The summed E-state index contributed by atoms with van der Waals surface area (Å²) in [5.41, 5.74) is 1.83. The van der Waals surface area contributed by atoms with Crippen molar-refractivity contribution in [3.05, 3.63) is 64.5 Å². The summed E-state index contributed by atoms with van der Waals surface area (Å²) < 4.78 is 5.41. The lowest BCUT2D eigenvalue weighted by Crippen LogP contribution is -2.42. The SMILES string of the molecule is CN(CCNC(=O)C1CCN(Cc2nc(-c3ccc(Cl)cc3Cl)no2)CC1)c1ccccc1. The van der Waals surface area contributed by atoms with Crippen LogP contribution in [0.4, 0.5) is 5.69 Å². The summed E-state index contributed by atoms with van der Waals surface area (Å²) in [6, 6.07) is 15.3. The molecular weight excluding hydrogens is 461 g/mol. The van der Waals surface area contributed by atoms with Crippen molar-refractivity contribution in [2.24, 2.45) is 5.92 Å². The minimum absolute atomic E-state index is 0.0365. The molecule has 1 saturated heterocycles. The van der Waals surface area contributed by atoms with Crippen molar-refractivity contribution in [2.75, 3.05) is 38.1 Å². The van der Waals surface area contributed by atoms with Crippen LogP contribution in [0.3, 0.4) is 0 Å². The molecule has 3 aromatic rings. The molecule has 33 heavy (non-hydrogen) atoms. The third-order valence-electron chi connectivity index (χ3n) is 5.90. The molecule has 1 aliphatic heterocycles. The summed E-state index contributed by atoms with van der Waals surface area (Å²) in [4.78, 5) is 21.4. The number of benzene rings is 2. The number of nitrogens with one attached hydrogen (secondary N) is 1. The van der Waals surface area contributed by atoms with Crippen molar-refractivity contribution < 1.29 is 9.32 Å². The van der Waals surface area contributed by atoms with Crippen LogP contribution in [-0.4, -0.2) is 54.2 Å². The molecule has 0 unspecified atom stereocenters. The lowest BCUT2D eigenvalue weighted by atomic mass is 9.96. The first kappa shape index (κ1) is 23.5. The van der Waals surface area contributed by atoms with E-state index in [9.17, 15) is 4.79 Å². The number of amides is 1. The monoisotopic (exact) mass is 487 g/mol. The second kappa shape index (κ2) is 11.0. The van der Waals surface area contributed by atoms with E-state index >= 15 is 0 Å². The van der Waals surface area contributed by atoms with Gasteiger partial charge in [-0.15, -0.1) is 0 Å². The Morgan fingerprint density at radius 1 is 1.18 bits per heavy atom. The summed E-state index contributed by atoms with van der Waals surface area (Å²) >= 11 is 12.2. The predicted octanol–water partition coefficient (Wildman–Crippen LogP) is 4.51. The Labute approximate surface area is 203 Å². The summed E-state index contributed by atoms with van der Waals surface area (Å²) in [5.74, 6) is 1.15. The Balaban J connectivity index is 1.21. The average molecular weight is 488 g/mol. The highest BCUT2D eigenvalue weighted by Crippen LogP contribution is 2.28. The zero-order valence-electron chi connectivity index (χ0n) is 18.5. The molecule has 1 fully saturated rings. The van der Waals surface area contributed by atoms with E-state index in [1.807, 2.05) is 25.2 Å². The summed E-state index contributed by atoms with van der Waals surface area (Å²) in [5, 5.41) is 8.17. The highest BCUT2D eigenvalue weighted by Gasteiger charge is 2.26. The van der Waals surface area contributed by atoms with Gasteiger partial charge in [-0.2, -0.15) is 4.98 Å². The molecule has 1 aliphatic rings. The normalized spacial score (nSPS) is 14.9. The van der Waals surface area contributed by atoms with Crippen LogP contribution in [0.25, 0.3) is 11.4 Å². The predicted molar refractivity (Wildman–Crippen MR) is 130 cm³/mol. The van der Waals surface area contributed by atoms with E-state index in [-0.39, 0.29) is 11.8 Å². The maximum atomic E-state index is 12.6. The smallest absolute Gasteiger partial charge is 0.241 e. The van der Waals surface area contributed by atoms with Gasteiger partial charge in [0.15, 0.2) is 0 Å². The van der Waals surface area contributed by atoms with Crippen molar-refractivity contribution >= 4 is 34.8 Å². The minimum Gasteiger partial charge on any atom is -0.373 e. The molecule has 9 heteroatoms. The molecule has 174 valence electrons. The van der Waals surface area contributed by atoms with Gasteiger partial charge in [-0.3, -0.25) is 9.69 Å². The maximum Gasteiger partial charge on any atom is 0.241 e. The van der Waals surface area contributed by atoms with Gasteiger partial charge in [0, 0.05) is 42.3 Å². The van der Waals surface area contributed by atoms with Gasteiger partial charge >= 0.3 is 0 Å². The van der Waals surface area contributed by atoms with Crippen molar-refractivity contribution in [2.45, 2.75) is 19.4 Å². The molecule has 0 radical (unpaired) electrons. The van der Waals surface area contributed by atoms with Crippen molar-refractivity contribution in [3.8, 4) is 11.4 Å². The highest BCUT2D eigenvalue weighted by molar-refractivity contribution is 6.36. The largest absolute Gasteiger partial charge is 0.373 e. The van der Waals surface area contributed by atoms with Crippen LogP contribution in [0, 0.1) is 5.92 Å². The molecule has 4 rings (SSSR count). The van der Waals surface area contributed by atoms with Crippen LogP contribution in [0.2, 0.25) is 10.0 Å². The van der Waals surface area contributed by atoms with E-state index in [1.54, 1.807) is 18.2 Å². The van der Waals surface area contributed by atoms with Crippen LogP contribution in [0.1, 0.15) is 18.7 Å². The third kappa shape index (κ3) is 6.25. The van der Waals surface area contributed by atoms with E-state index in [0.29, 0.717) is 40.4 Å². The Hall–Kier alpha value is -2.61.